The normalized spacial score (nSPS) is 10.4. The number of nitrogens with two attached hydrogens (primary N) is 1. The van der Waals surface area contributed by atoms with E-state index < -0.39 is 11.7 Å². The largest absolute Gasteiger partial charge is 0.399 e. The van der Waals surface area contributed by atoms with Gasteiger partial charge in [0.2, 0.25) is 0 Å². The van der Waals surface area contributed by atoms with Crippen molar-refractivity contribution in [2.24, 2.45) is 0 Å². The van der Waals surface area contributed by atoms with Crippen LogP contribution in [0.1, 0.15) is 21.7 Å². The molecule has 1 amide bonds. The molecule has 2 aromatic rings. The van der Waals surface area contributed by atoms with E-state index in [1.807, 2.05) is 0 Å². The molecule has 0 bridgehead atoms. The van der Waals surface area contributed by atoms with Gasteiger partial charge in [-0.3, -0.25) is 4.79 Å². The van der Waals surface area contributed by atoms with Gasteiger partial charge in [0.05, 0.1) is 5.56 Å². The van der Waals surface area contributed by atoms with E-state index in [9.17, 15) is 9.18 Å². The molecule has 0 atom stereocenters. The summed E-state index contributed by atoms with van der Waals surface area (Å²) in [6, 6.07) is 4.28. The quantitative estimate of drug-likeness (QED) is 0.800. The molecule has 0 aliphatic rings. The van der Waals surface area contributed by atoms with E-state index in [-0.39, 0.29) is 11.4 Å². The van der Waals surface area contributed by atoms with Gasteiger partial charge >= 0.3 is 0 Å². The monoisotopic (exact) mass is 249 g/mol. The van der Waals surface area contributed by atoms with Crippen LogP contribution in [0, 0.1) is 19.7 Å². The van der Waals surface area contributed by atoms with E-state index in [0.29, 0.717) is 17.0 Å². The van der Waals surface area contributed by atoms with Crippen LogP contribution in [-0.2, 0) is 0 Å². The molecule has 1 aromatic carbocycles. The number of nitrogens with one attached hydrogen (secondary N) is 1. The first-order valence-corrected chi connectivity index (χ1v) is 5.27. The Morgan fingerprint density at radius 2 is 2.11 bits per heavy atom. The van der Waals surface area contributed by atoms with Crippen LogP contribution in [0.5, 0.6) is 0 Å². The minimum absolute atomic E-state index is 0.117. The molecule has 0 radical (unpaired) electrons. The van der Waals surface area contributed by atoms with E-state index in [0.717, 1.165) is 0 Å². The second-order valence-electron chi connectivity index (χ2n) is 3.98. The van der Waals surface area contributed by atoms with Crippen LogP contribution in [-0.4, -0.2) is 11.1 Å². The average Bonchev–Trinajstić information content (AvgIpc) is 2.69. The molecular formula is C12H12FN3O2. The Labute approximate surface area is 103 Å². The maximum absolute atomic E-state index is 13.8. The zero-order valence-electron chi connectivity index (χ0n) is 9.95. The Hall–Kier alpha value is -2.37. The number of hydrogen-bond acceptors (Lipinski definition) is 4. The third-order valence-corrected chi connectivity index (χ3v) is 2.39. The van der Waals surface area contributed by atoms with Gasteiger partial charge in [-0.05, 0) is 31.5 Å². The number of hydrogen-bond donors (Lipinski definition) is 2. The second-order valence-corrected chi connectivity index (χ2v) is 3.98. The van der Waals surface area contributed by atoms with E-state index in [4.69, 9.17) is 10.3 Å². The Bertz CT molecular complexity index is 607. The van der Waals surface area contributed by atoms with Crippen molar-refractivity contribution in [2.75, 3.05) is 11.1 Å². The van der Waals surface area contributed by atoms with Crippen molar-refractivity contribution >= 4 is 17.4 Å². The molecular weight excluding hydrogens is 237 g/mol. The van der Waals surface area contributed by atoms with Crippen molar-refractivity contribution in [1.82, 2.24) is 5.16 Å². The first-order chi connectivity index (χ1) is 8.47. The van der Waals surface area contributed by atoms with E-state index in [1.54, 1.807) is 13.8 Å². The number of nitrogen functional groups attached to an aromatic ring is 1. The fraction of sp³-hybridized carbons (Fsp3) is 0.167. The first kappa shape index (κ1) is 12.1. The minimum atomic E-state index is -0.615. The first-order valence-electron chi connectivity index (χ1n) is 5.27. The maximum atomic E-state index is 13.8. The zero-order chi connectivity index (χ0) is 13.3. The second kappa shape index (κ2) is 4.48. The summed E-state index contributed by atoms with van der Waals surface area (Å²) in [5, 5.41) is 6.03. The average molecular weight is 249 g/mol. The fourth-order valence-electron chi connectivity index (χ4n) is 1.57. The summed E-state index contributed by atoms with van der Waals surface area (Å²) in [4.78, 5) is 11.9. The van der Waals surface area contributed by atoms with Crippen LogP contribution >= 0.6 is 0 Å². The summed E-state index contributed by atoms with van der Waals surface area (Å²) in [6.07, 6.45) is 0. The third-order valence-electron chi connectivity index (χ3n) is 2.39. The molecule has 2 rings (SSSR count). The van der Waals surface area contributed by atoms with Crippen molar-refractivity contribution in [3.8, 4) is 0 Å². The lowest BCUT2D eigenvalue weighted by Gasteiger charge is -2.06. The molecule has 94 valence electrons. The number of halogens is 1. The molecule has 5 nitrogen and oxygen atoms in total. The van der Waals surface area contributed by atoms with Gasteiger partial charge in [0.25, 0.3) is 5.91 Å². The number of benzene rings is 1. The van der Waals surface area contributed by atoms with Crippen LogP contribution < -0.4 is 11.1 Å². The number of rotatable bonds is 2. The van der Waals surface area contributed by atoms with Gasteiger partial charge in [-0.15, -0.1) is 0 Å². The number of nitrogens with zero attached hydrogens (tertiary/aromatic N) is 1. The highest BCUT2D eigenvalue weighted by molar-refractivity contribution is 6.04. The molecule has 18 heavy (non-hydrogen) atoms. The predicted octanol–water partition coefficient (Wildman–Crippen LogP) is 2.27. The molecule has 6 heteroatoms. The lowest BCUT2D eigenvalue weighted by Crippen LogP contribution is -2.15. The van der Waals surface area contributed by atoms with Gasteiger partial charge in [0.1, 0.15) is 11.6 Å². The highest BCUT2D eigenvalue weighted by Gasteiger charge is 2.16. The Balaban J connectivity index is 2.29. The van der Waals surface area contributed by atoms with Crippen molar-refractivity contribution in [1.29, 1.82) is 0 Å². The molecule has 0 spiro atoms. The molecule has 0 saturated carbocycles. The Kier molecular flexibility index (Phi) is 3.01. The van der Waals surface area contributed by atoms with Gasteiger partial charge in [-0.2, -0.15) is 0 Å². The summed E-state index contributed by atoms with van der Waals surface area (Å²) >= 11 is 0. The molecule has 0 saturated heterocycles. The zero-order valence-corrected chi connectivity index (χ0v) is 9.95. The standard InChI is InChI=1S/C12H12FN3O2/c1-6-3-8(14)5-9(11(6)13)12(17)15-10-4-7(2)18-16-10/h3-5H,14H2,1-2H3,(H,15,16,17). The molecule has 0 aliphatic carbocycles. The lowest BCUT2D eigenvalue weighted by atomic mass is 10.1. The lowest BCUT2D eigenvalue weighted by molar-refractivity contribution is 0.102. The molecule has 0 aliphatic heterocycles. The molecule has 0 fully saturated rings. The molecule has 3 N–H and O–H groups in total. The predicted molar refractivity (Wildman–Crippen MR) is 64.7 cm³/mol. The fourth-order valence-corrected chi connectivity index (χ4v) is 1.57. The Morgan fingerprint density at radius 1 is 1.39 bits per heavy atom. The van der Waals surface area contributed by atoms with Gasteiger partial charge in [-0.25, -0.2) is 4.39 Å². The van der Waals surface area contributed by atoms with Crippen LogP contribution in [0.25, 0.3) is 0 Å². The topological polar surface area (TPSA) is 81.2 Å². The number of aryl methyl sites for hydroxylation is 2. The smallest absolute Gasteiger partial charge is 0.259 e. The van der Waals surface area contributed by atoms with Gasteiger partial charge in [0, 0.05) is 11.8 Å². The van der Waals surface area contributed by atoms with Crippen LogP contribution in [0.15, 0.2) is 22.7 Å². The maximum Gasteiger partial charge on any atom is 0.259 e. The Morgan fingerprint density at radius 3 is 2.72 bits per heavy atom. The van der Waals surface area contributed by atoms with Crippen molar-refractivity contribution in [3.63, 3.8) is 0 Å². The highest BCUT2D eigenvalue weighted by Crippen LogP contribution is 2.18. The summed E-state index contributed by atoms with van der Waals surface area (Å²) in [5.74, 6) is -0.426. The van der Waals surface area contributed by atoms with E-state index in [2.05, 4.69) is 10.5 Å². The van der Waals surface area contributed by atoms with Gasteiger partial charge < -0.3 is 15.6 Å². The van der Waals surface area contributed by atoms with Crippen molar-refractivity contribution < 1.29 is 13.7 Å². The third kappa shape index (κ3) is 2.32. The summed E-state index contributed by atoms with van der Waals surface area (Å²) in [5.41, 5.74) is 6.11. The molecule has 1 heterocycles. The van der Waals surface area contributed by atoms with Crippen LogP contribution in [0.2, 0.25) is 0 Å². The number of anilines is 2. The van der Waals surface area contributed by atoms with Crippen LogP contribution in [0.4, 0.5) is 15.9 Å². The summed E-state index contributed by atoms with van der Waals surface area (Å²) in [7, 11) is 0. The van der Waals surface area contributed by atoms with Crippen LogP contribution in [0.3, 0.4) is 0 Å². The van der Waals surface area contributed by atoms with Crippen molar-refractivity contribution in [2.45, 2.75) is 13.8 Å². The van der Waals surface area contributed by atoms with E-state index >= 15 is 0 Å². The molecule has 0 unspecified atom stereocenters. The number of amides is 1. The van der Waals surface area contributed by atoms with Crippen molar-refractivity contribution in [3.05, 3.63) is 40.9 Å². The highest BCUT2D eigenvalue weighted by atomic mass is 19.1. The minimum Gasteiger partial charge on any atom is -0.399 e. The summed E-state index contributed by atoms with van der Waals surface area (Å²) < 4.78 is 18.6. The van der Waals surface area contributed by atoms with Gasteiger partial charge in [0.15, 0.2) is 5.82 Å². The number of carbonyl (C=O) groups excluding carboxylic acids is 1. The van der Waals surface area contributed by atoms with Gasteiger partial charge in [-0.1, -0.05) is 5.16 Å². The summed E-state index contributed by atoms with van der Waals surface area (Å²) in [6.45, 7) is 3.23. The number of aromatic nitrogens is 1. The number of carbonyl (C=O) groups is 1. The van der Waals surface area contributed by atoms with E-state index in [1.165, 1.54) is 18.2 Å². The SMILES string of the molecule is Cc1cc(NC(=O)c2cc(N)cc(C)c2F)no1. The molecule has 1 aromatic heterocycles.